The molecule has 0 bridgehead atoms. The summed E-state index contributed by atoms with van der Waals surface area (Å²) in [6.07, 6.45) is 8.97. The van der Waals surface area contributed by atoms with Crippen LogP contribution in [0.5, 0.6) is 0 Å². The van der Waals surface area contributed by atoms with Gasteiger partial charge in [0, 0.05) is 0 Å². The summed E-state index contributed by atoms with van der Waals surface area (Å²) in [7, 11) is 0. The molecule has 5 nitrogen and oxygen atoms in total. The number of hydrogen-bond donors (Lipinski definition) is 3. The third-order valence-electron chi connectivity index (χ3n) is 3.67. The number of amides is 1. The van der Waals surface area contributed by atoms with Crippen LogP contribution in [0.3, 0.4) is 0 Å². The predicted octanol–water partition coefficient (Wildman–Crippen LogP) is 3.93. The van der Waals surface area contributed by atoms with E-state index < -0.39 is 24.0 Å². The van der Waals surface area contributed by atoms with Crippen molar-refractivity contribution in [1.29, 1.82) is 0 Å². The van der Waals surface area contributed by atoms with Gasteiger partial charge >= 0.3 is 5.97 Å². The molecular weight excluding hydrogens is 386 g/mol. The average Bonchev–Trinajstić information content (AvgIpc) is 2.48. The Hall–Kier alpha value is -1.40. The first-order valence-electron chi connectivity index (χ1n) is 8.33. The Balaban J connectivity index is 4.63. The number of halogens is 1. The Kier molecular flexibility index (Phi) is 10.6. The largest absolute Gasteiger partial charge is 0.480 e. The normalized spacial score (nSPS) is 16.0. The highest BCUT2D eigenvalue weighted by atomic mass is 79.9. The van der Waals surface area contributed by atoms with Crippen LogP contribution in [0.15, 0.2) is 34.4 Å². The van der Waals surface area contributed by atoms with Gasteiger partial charge in [0.25, 0.3) is 0 Å². The van der Waals surface area contributed by atoms with E-state index in [-0.39, 0.29) is 5.41 Å². The van der Waals surface area contributed by atoms with Gasteiger partial charge in [0.15, 0.2) is 6.04 Å². The van der Waals surface area contributed by atoms with Crippen LogP contribution in [0.25, 0.3) is 0 Å². The van der Waals surface area contributed by atoms with Gasteiger partial charge < -0.3 is 15.5 Å². The number of hydrogen-bond acceptors (Lipinski definition) is 3. The lowest BCUT2D eigenvalue weighted by molar-refractivity contribution is -0.144. The van der Waals surface area contributed by atoms with E-state index in [2.05, 4.69) is 40.3 Å². The molecule has 3 N–H and O–H groups in total. The van der Waals surface area contributed by atoms with Gasteiger partial charge in [-0.1, -0.05) is 53.6 Å². The number of carboxylic acid groups (broad SMARTS) is 1. The van der Waals surface area contributed by atoms with Crippen LogP contribution in [0.1, 0.15) is 53.9 Å². The van der Waals surface area contributed by atoms with Crippen LogP contribution in [0.2, 0.25) is 0 Å². The fraction of sp³-hybridized carbons (Fsp3) is 0.579. The molecule has 0 aliphatic rings. The molecule has 0 unspecified atom stereocenters. The summed E-state index contributed by atoms with van der Waals surface area (Å²) < 4.78 is 1.13. The molecule has 0 saturated heterocycles. The van der Waals surface area contributed by atoms with Crippen molar-refractivity contribution in [2.45, 2.75) is 66.0 Å². The smallest absolute Gasteiger partial charge is 0.328 e. The van der Waals surface area contributed by atoms with E-state index in [1.54, 1.807) is 6.08 Å². The summed E-state index contributed by atoms with van der Waals surface area (Å²) in [5, 5.41) is 20.6. The van der Waals surface area contributed by atoms with E-state index in [4.69, 9.17) is 5.11 Å². The summed E-state index contributed by atoms with van der Waals surface area (Å²) >= 11 is 3.41. The number of carbonyl (C=O) groups excluding carboxylic acids is 1. The summed E-state index contributed by atoms with van der Waals surface area (Å²) in [4.78, 5) is 22.8. The zero-order valence-electron chi connectivity index (χ0n) is 15.7. The number of nitrogens with one attached hydrogen (secondary N) is 1. The molecule has 6 heteroatoms. The molecule has 0 aromatic rings. The van der Waals surface area contributed by atoms with Gasteiger partial charge in [-0.15, -0.1) is 0 Å². The van der Waals surface area contributed by atoms with Gasteiger partial charge in [0.05, 0.1) is 6.10 Å². The quantitative estimate of drug-likeness (QED) is 0.372. The Morgan fingerprint density at radius 1 is 1.24 bits per heavy atom. The highest BCUT2D eigenvalue weighted by molar-refractivity contribution is 9.11. The molecule has 1 amide bonds. The number of aliphatic hydroxyl groups excluding tert-OH is 1. The molecule has 0 saturated carbocycles. The van der Waals surface area contributed by atoms with Gasteiger partial charge in [-0.2, -0.15) is 0 Å². The van der Waals surface area contributed by atoms with E-state index in [1.807, 2.05) is 20.8 Å². The Bertz CT molecular complexity index is 544. The van der Waals surface area contributed by atoms with Crippen molar-refractivity contribution in [2.24, 2.45) is 5.41 Å². The van der Waals surface area contributed by atoms with Crippen molar-refractivity contribution in [2.75, 3.05) is 0 Å². The minimum absolute atomic E-state index is 0.233. The highest BCUT2D eigenvalue weighted by Gasteiger charge is 2.24. The first-order chi connectivity index (χ1) is 11.4. The molecule has 142 valence electrons. The maximum absolute atomic E-state index is 11.9. The van der Waals surface area contributed by atoms with Crippen molar-refractivity contribution >= 4 is 27.8 Å². The molecular formula is C19H30BrNO4. The fourth-order valence-electron chi connectivity index (χ4n) is 2.00. The standard InChI is InChI=1S/C19H30BrNO4/c1-13(7-6-8-14(2)20)9-11-19(4,5)12-10-16(23)21-17(15(3)22)18(24)25/h8-10,12,15,17,22H,6-7,11H2,1-5H3,(H,21,23)(H,24,25)/b12-10+,13-9+,14-8+/t15-,17+/m1/s1. The molecule has 0 radical (unpaired) electrons. The predicted molar refractivity (Wildman–Crippen MR) is 104 cm³/mol. The van der Waals surface area contributed by atoms with E-state index in [1.165, 1.54) is 18.6 Å². The van der Waals surface area contributed by atoms with Crippen molar-refractivity contribution in [1.82, 2.24) is 5.32 Å². The van der Waals surface area contributed by atoms with Crippen LogP contribution < -0.4 is 5.32 Å². The second-order valence-corrected chi connectivity index (χ2v) is 8.22. The number of carboxylic acids is 1. The van der Waals surface area contributed by atoms with Crippen LogP contribution in [-0.2, 0) is 9.59 Å². The van der Waals surface area contributed by atoms with Gasteiger partial charge in [0.1, 0.15) is 0 Å². The number of carbonyl (C=O) groups is 2. The van der Waals surface area contributed by atoms with Gasteiger partial charge in [-0.25, -0.2) is 4.79 Å². The number of aliphatic hydroxyl groups is 1. The van der Waals surface area contributed by atoms with Crippen molar-refractivity contribution < 1.29 is 19.8 Å². The maximum Gasteiger partial charge on any atom is 0.328 e. The van der Waals surface area contributed by atoms with E-state index in [9.17, 15) is 14.7 Å². The second kappa shape index (κ2) is 11.3. The molecule has 0 aliphatic heterocycles. The molecule has 0 aromatic heterocycles. The minimum Gasteiger partial charge on any atom is -0.480 e. The van der Waals surface area contributed by atoms with Gasteiger partial charge in [-0.3, -0.25) is 4.79 Å². The van der Waals surface area contributed by atoms with Gasteiger partial charge in [0.2, 0.25) is 5.91 Å². The van der Waals surface area contributed by atoms with Crippen LogP contribution in [0.4, 0.5) is 0 Å². The number of allylic oxidation sites excluding steroid dienone is 5. The molecule has 0 fully saturated rings. The third-order valence-corrected chi connectivity index (χ3v) is 4.00. The van der Waals surface area contributed by atoms with E-state index >= 15 is 0 Å². The van der Waals surface area contributed by atoms with E-state index in [0.717, 1.165) is 23.7 Å². The van der Waals surface area contributed by atoms with Crippen molar-refractivity contribution in [3.63, 3.8) is 0 Å². The van der Waals surface area contributed by atoms with E-state index in [0.29, 0.717) is 0 Å². The van der Waals surface area contributed by atoms with Crippen LogP contribution in [0, 0.1) is 5.41 Å². The number of rotatable bonds is 10. The summed E-state index contributed by atoms with van der Waals surface area (Å²) in [5.74, 6) is -1.79. The molecule has 0 aliphatic carbocycles. The lowest BCUT2D eigenvalue weighted by atomic mass is 9.87. The lowest BCUT2D eigenvalue weighted by Crippen LogP contribution is -2.47. The Morgan fingerprint density at radius 2 is 1.84 bits per heavy atom. The number of aliphatic carboxylic acids is 1. The summed E-state index contributed by atoms with van der Waals surface area (Å²) in [5.41, 5.74) is 1.06. The summed E-state index contributed by atoms with van der Waals surface area (Å²) in [6.45, 7) is 9.43. The topological polar surface area (TPSA) is 86.6 Å². The SMILES string of the molecule is C/C(Br)=C\CC/C(C)=C/CC(C)(C)/C=C/C(=O)N[C@H](C(=O)O)[C@@H](C)O. The molecule has 0 spiro atoms. The molecule has 0 rings (SSSR count). The zero-order valence-corrected chi connectivity index (χ0v) is 17.3. The van der Waals surface area contributed by atoms with Crippen LogP contribution in [-0.4, -0.2) is 34.2 Å². The third kappa shape index (κ3) is 11.7. The Labute approximate surface area is 159 Å². The summed E-state index contributed by atoms with van der Waals surface area (Å²) in [6, 6.07) is -1.31. The average molecular weight is 416 g/mol. The van der Waals surface area contributed by atoms with Crippen molar-refractivity contribution in [3.05, 3.63) is 34.4 Å². The fourth-order valence-corrected chi connectivity index (χ4v) is 2.23. The second-order valence-electron chi connectivity index (χ2n) is 6.97. The maximum atomic E-state index is 11.9. The van der Waals surface area contributed by atoms with Crippen LogP contribution >= 0.6 is 15.9 Å². The molecule has 25 heavy (non-hydrogen) atoms. The zero-order chi connectivity index (χ0) is 19.6. The first-order valence-corrected chi connectivity index (χ1v) is 9.12. The monoisotopic (exact) mass is 415 g/mol. The molecule has 0 heterocycles. The minimum atomic E-state index is -1.31. The molecule has 0 aromatic carbocycles. The lowest BCUT2D eigenvalue weighted by Gasteiger charge is -2.19. The molecule has 2 atom stereocenters. The van der Waals surface area contributed by atoms with Crippen molar-refractivity contribution in [3.8, 4) is 0 Å². The highest BCUT2D eigenvalue weighted by Crippen LogP contribution is 2.24. The Morgan fingerprint density at radius 3 is 2.32 bits per heavy atom. The van der Waals surface area contributed by atoms with Gasteiger partial charge in [-0.05, 0) is 56.0 Å². The first kappa shape index (κ1) is 23.6.